The summed E-state index contributed by atoms with van der Waals surface area (Å²) in [5, 5.41) is 2.90. The number of carbonyl (C=O) groups is 1. The van der Waals surface area contributed by atoms with Crippen molar-refractivity contribution in [3.63, 3.8) is 0 Å². The number of benzene rings is 2. The molecule has 1 atom stereocenters. The molecule has 0 aliphatic heterocycles. The third-order valence-corrected chi connectivity index (χ3v) is 4.47. The first-order valence-corrected chi connectivity index (χ1v) is 9.24. The Kier molecular flexibility index (Phi) is 5.94. The van der Waals surface area contributed by atoms with Crippen molar-refractivity contribution in [1.29, 1.82) is 0 Å². The molecule has 3 nitrogen and oxygen atoms in total. The van der Waals surface area contributed by atoms with Gasteiger partial charge in [0.05, 0.1) is 0 Å². The molecule has 0 bridgehead atoms. The second-order valence-corrected chi connectivity index (χ2v) is 7.64. The van der Waals surface area contributed by atoms with Gasteiger partial charge in [-0.1, -0.05) is 39.0 Å². The van der Waals surface area contributed by atoms with Crippen LogP contribution in [0, 0.1) is 0 Å². The fourth-order valence-electron chi connectivity index (χ4n) is 2.24. The van der Waals surface area contributed by atoms with Gasteiger partial charge < -0.3 is 10.1 Å². The van der Waals surface area contributed by atoms with Crippen molar-refractivity contribution in [3.05, 3.63) is 54.1 Å². The summed E-state index contributed by atoms with van der Waals surface area (Å²) in [6.45, 7) is 8.26. The number of nitrogens with one attached hydrogen (secondary N) is 1. The lowest BCUT2D eigenvalue weighted by Gasteiger charge is -2.20. The highest BCUT2D eigenvalue weighted by molar-refractivity contribution is 7.98. The number of ether oxygens (including phenoxy) is 1. The number of rotatable bonds is 5. The normalized spacial score (nSPS) is 12.5. The second-order valence-electron chi connectivity index (χ2n) is 6.76. The monoisotopic (exact) mass is 343 g/mol. The average molecular weight is 343 g/mol. The minimum Gasteiger partial charge on any atom is -0.481 e. The number of hydrogen-bond acceptors (Lipinski definition) is 3. The first kappa shape index (κ1) is 18.4. The van der Waals surface area contributed by atoms with Gasteiger partial charge in [0, 0.05) is 10.6 Å². The van der Waals surface area contributed by atoms with Gasteiger partial charge in [-0.15, -0.1) is 11.8 Å². The van der Waals surface area contributed by atoms with Gasteiger partial charge in [0.15, 0.2) is 6.10 Å². The molecule has 0 aliphatic carbocycles. The molecule has 128 valence electrons. The van der Waals surface area contributed by atoms with Gasteiger partial charge in [0.25, 0.3) is 5.91 Å². The maximum atomic E-state index is 12.3. The quantitative estimate of drug-likeness (QED) is 0.767. The SMILES string of the molecule is CSc1cccc(NC(=O)C(C)Oc2ccc(C(C)(C)C)cc2)c1. The third kappa shape index (κ3) is 5.03. The lowest BCUT2D eigenvalue weighted by Crippen LogP contribution is -2.30. The zero-order valence-corrected chi connectivity index (χ0v) is 15.7. The van der Waals surface area contributed by atoms with Gasteiger partial charge in [-0.25, -0.2) is 0 Å². The molecule has 0 aromatic heterocycles. The Morgan fingerprint density at radius 1 is 1.12 bits per heavy atom. The van der Waals surface area contributed by atoms with E-state index in [4.69, 9.17) is 4.74 Å². The highest BCUT2D eigenvalue weighted by Crippen LogP contribution is 2.25. The standard InChI is InChI=1S/C20H25NO2S/c1-14(19(22)21-16-7-6-8-18(13-16)24-5)23-17-11-9-15(10-12-17)20(2,3)4/h6-14H,1-5H3,(H,21,22). The molecule has 1 N–H and O–H groups in total. The van der Waals surface area contributed by atoms with Crippen LogP contribution in [-0.2, 0) is 10.2 Å². The topological polar surface area (TPSA) is 38.3 Å². The smallest absolute Gasteiger partial charge is 0.265 e. The Morgan fingerprint density at radius 3 is 2.38 bits per heavy atom. The van der Waals surface area contributed by atoms with Crippen LogP contribution in [0.15, 0.2) is 53.4 Å². The molecule has 24 heavy (non-hydrogen) atoms. The maximum absolute atomic E-state index is 12.3. The van der Waals surface area contributed by atoms with E-state index < -0.39 is 6.10 Å². The molecular weight excluding hydrogens is 318 g/mol. The minimum atomic E-state index is -0.566. The van der Waals surface area contributed by atoms with Crippen molar-refractivity contribution in [2.45, 2.75) is 44.1 Å². The number of carbonyl (C=O) groups excluding carboxylic acids is 1. The summed E-state index contributed by atoms with van der Waals surface area (Å²) in [4.78, 5) is 13.4. The Hall–Kier alpha value is -1.94. The van der Waals surface area contributed by atoms with Crippen molar-refractivity contribution in [2.24, 2.45) is 0 Å². The van der Waals surface area contributed by atoms with E-state index >= 15 is 0 Å². The third-order valence-electron chi connectivity index (χ3n) is 3.74. The zero-order chi connectivity index (χ0) is 17.7. The van der Waals surface area contributed by atoms with Crippen LogP contribution in [0.2, 0.25) is 0 Å². The van der Waals surface area contributed by atoms with Gasteiger partial charge in [-0.3, -0.25) is 4.79 Å². The van der Waals surface area contributed by atoms with E-state index in [0.717, 1.165) is 10.6 Å². The second kappa shape index (κ2) is 7.75. The zero-order valence-electron chi connectivity index (χ0n) is 14.9. The lowest BCUT2D eigenvalue weighted by molar-refractivity contribution is -0.122. The largest absolute Gasteiger partial charge is 0.481 e. The van der Waals surface area contributed by atoms with Crippen molar-refractivity contribution in [3.8, 4) is 5.75 Å². The summed E-state index contributed by atoms with van der Waals surface area (Å²) < 4.78 is 5.76. The van der Waals surface area contributed by atoms with Crippen molar-refractivity contribution >= 4 is 23.4 Å². The Balaban J connectivity index is 1.98. The molecule has 0 fully saturated rings. The van der Waals surface area contributed by atoms with E-state index in [1.807, 2.05) is 54.8 Å². The molecule has 0 aliphatic rings. The number of anilines is 1. The summed E-state index contributed by atoms with van der Waals surface area (Å²) in [6.07, 6.45) is 1.44. The van der Waals surface area contributed by atoms with Crippen LogP contribution in [0.1, 0.15) is 33.3 Å². The van der Waals surface area contributed by atoms with Crippen LogP contribution < -0.4 is 10.1 Å². The van der Waals surface area contributed by atoms with E-state index in [-0.39, 0.29) is 11.3 Å². The van der Waals surface area contributed by atoms with Gasteiger partial charge >= 0.3 is 0 Å². The average Bonchev–Trinajstić information content (AvgIpc) is 2.54. The minimum absolute atomic E-state index is 0.101. The maximum Gasteiger partial charge on any atom is 0.265 e. The predicted molar refractivity (Wildman–Crippen MR) is 102 cm³/mol. The number of thioether (sulfide) groups is 1. The molecule has 0 saturated carbocycles. The molecule has 0 radical (unpaired) electrons. The van der Waals surface area contributed by atoms with Crippen LogP contribution >= 0.6 is 11.8 Å². The summed E-state index contributed by atoms with van der Waals surface area (Å²) >= 11 is 1.64. The van der Waals surface area contributed by atoms with Crippen molar-refractivity contribution < 1.29 is 9.53 Å². The van der Waals surface area contributed by atoms with Crippen molar-refractivity contribution in [1.82, 2.24) is 0 Å². The van der Waals surface area contributed by atoms with Crippen LogP contribution in [0.4, 0.5) is 5.69 Å². The number of amides is 1. The summed E-state index contributed by atoms with van der Waals surface area (Å²) in [5.74, 6) is 0.539. The summed E-state index contributed by atoms with van der Waals surface area (Å²) in [5.41, 5.74) is 2.12. The predicted octanol–water partition coefficient (Wildman–Crippen LogP) is 5.11. The van der Waals surface area contributed by atoms with E-state index in [0.29, 0.717) is 5.75 Å². The molecule has 2 aromatic rings. The Bertz CT molecular complexity index is 690. The molecule has 0 heterocycles. The summed E-state index contributed by atoms with van der Waals surface area (Å²) in [6, 6.07) is 15.7. The highest BCUT2D eigenvalue weighted by Gasteiger charge is 2.17. The highest BCUT2D eigenvalue weighted by atomic mass is 32.2. The Morgan fingerprint density at radius 2 is 1.79 bits per heavy atom. The lowest BCUT2D eigenvalue weighted by atomic mass is 9.87. The van der Waals surface area contributed by atoms with Crippen LogP contribution in [-0.4, -0.2) is 18.3 Å². The fraction of sp³-hybridized carbons (Fsp3) is 0.350. The molecule has 4 heteroatoms. The molecule has 2 rings (SSSR count). The summed E-state index contributed by atoms with van der Waals surface area (Å²) in [7, 11) is 0. The van der Waals surface area contributed by atoms with Crippen LogP contribution in [0.3, 0.4) is 0 Å². The Labute approximate surface area is 148 Å². The molecule has 0 saturated heterocycles. The molecule has 1 amide bonds. The van der Waals surface area contributed by atoms with E-state index in [1.165, 1.54) is 5.56 Å². The van der Waals surface area contributed by atoms with Crippen LogP contribution in [0.25, 0.3) is 0 Å². The first-order valence-electron chi connectivity index (χ1n) is 8.02. The molecule has 1 unspecified atom stereocenters. The first-order chi connectivity index (χ1) is 11.3. The van der Waals surface area contributed by atoms with Gasteiger partial charge in [-0.2, -0.15) is 0 Å². The fourth-order valence-corrected chi connectivity index (χ4v) is 2.70. The van der Waals surface area contributed by atoms with Gasteiger partial charge in [0.2, 0.25) is 0 Å². The number of hydrogen-bond donors (Lipinski definition) is 1. The van der Waals surface area contributed by atoms with Gasteiger partial charge in [0.1, 0.15) is 5.75 Å². The molecule has 0 spiro atoms. The van der Waals surface area contributed by atoms with E-state index in [2.05, 4.69) is 26.1 Å². The van der Waals surface area contributed by atoms with E-state index in [9.17, 15) is 4.79 Å². The van der Waals surface area contributed by atoms with E-state index in [1.54, 1.807) is 18.7 Å². The molecular formula is C20H25NO2S. The van der Waals surface area contributed by atoms with Crippen molar-refractivity contribution in [2.75, 3.05) is 11.6 Å². The van der Waals surface area contributed by atoms with Crippen LogP contribution in [0.5, 0.6) is 5.75 Å². The molecule has 2 aromatic carbocycles. The van der Waals surface area contributed by atoms with Gasteiger partial charge in [-0.05, 0) is 54.5 Å².